The Balaban J connectivity index is 1.45. The molecular weight excluding hydrogens is 282 g/mol. The van der Waals surface area contributed by atoms with E-state index in [1.165, 1.54) is 17.2 Å². The van der Waals surface area contributed by atoms with Gasteiger partial charge in [0.2, 0.25) is 5.91 Å². The Morgan fingerprint density at radius 3 is 2.95 bits per heavy atom. The number of carbonyl (C=O) groups excluding carboxylic acids is 1. The molecule has 0 radical (unpaired) electrons. The van der Waals surface area contributed by atoms with Crippen molar-refractivity contribution in [2.45, 2.75) is 19.9 Å². The number of aromatic nitrogens is 2. The van der Waals surface area contributed by atoms with E-state index in [-0.39, 0.29) is 23.6 Å². The van der Waals surface area contributed by atoms with Crippen molar-refractivity contribution in [1.82, 2.24) is 14.7 Å². The Morgan fingerprint density at radius 1 is 1.45 bits per heavy atom. The molecule has 2 fully saturated rings. The third-order valence-corrected chi connectivity index (χ3v) is 5.79. The summed E-state index contributed by atoms with van der Waals surface area (Å²) in [6.07, 6.45) is 7.43. The lowest BCUT2D eigenvalue weighted by atomic mass is 9.72. The van der Waals surface area contributed by atoms with Crippen molar-refractivity contribution < 1.29 is 14.7 Å². The van der Waals surface area contributed by atoms with Crippen LogP contribution >= 0.6 is 0 Å². The molecule has 2 heterocycles. The Kier molecular flexibility index (Phi) is 2.74. The number of hydrogen-bond acceptors (Lipinski definition) is 3. The van der Waals surface area contributed by atoms with Gasteiger partial charge in [-0.05, 0) is 35.7 Å². The van der Waals surface area contributed by atoms with Gasteiger partial charge in [0.1, 0.15) is 6.54 Å². The first kappa shape index (κ1) is 13.5. The number of allylic oxidation sites excluding steroid dienone is 2. The molecule has 1 amide bonds. The first-order valence-corrected chi connectivity index (χ1v) is 7.70. The fourth-order valence-corrected chi connectivity index (χ4v) is 4.56. The standard InChI is InChI=1S/C16H19N3O3/c1-16-9-18(7-12(16)10-2-3-11(16)6-10)14(20)8-19-5-4-13(17-19)15(21)22/h2-5,10-12H,6-9H2,1H3,(H,21,22)/t10-,11+,12-,16+/m0/s1. The normalized spacial score (nSPS) is 35.1. The van der Waals surface area contributed by atoms with Crippen LogP contribution in [-0.4, -0.2) is 44.8 Å². The number of fused-ring (bicyclic) bond motifs is 5. The molecule has 4 atom stereocenters. The largest absolute Gasteiger partial charge is 0.476 e. The van der Waals surface area contributed by atoms with Crippen molar-refractivity contribution in [3.05, 3.63) is 30.1 Å². The van der Waals surface area contributed by atoms with Crippen molar-refractivity contribution in [2.24, 2.45) is 23.2 Å². The van der Waals surface area contributed by atoms with E-state index >= 15 is 0 Å². The van der Waals surface area contributed by atoms with Crippen LogP contribution in [0.2, 0.25) is 0 Å². The Morgan fingerprint density at radius 2 is 2.27 bits per heavy atom. The second-order valence-electron chi connectivity index (χ2n) is 6.98. The van der Waals surface area contributed by atoms with E-state index in [1.54, 1.807) is 6.20 Å². The average Bonchev–Trinajstić information content (AvgIpc) is 3.17. The first-order chi connectivity index (χ1) is 10.5. The number of nitrogens with zero attached hydrogens (tertiary/aromatic N) is 3. The molecule has 6 heteroatoms. The fraction of sp³-hybridized carbons (Fsp3) is 0.562. The molecule has 4 rings (SSSR count). The molecule has 0 spiro atoms. The maximum atomic E-state index is 12.5. The predicted octanol–water partition coefficient (Wildman–Crippen LogP) is 1.25. The van der Waals surface area contributed by atoms with Gasteiger partial charge in [-0.3, -0.25) is 9.48 Å². The van der Waals surface area contributed by atoms with Gasteiger partial charge in [0.05, 0.1) is 0 Å². The molecule has 2 aliphatic carbocycles. The smallest absolute Gasteiger partial charge is 0.356 e. The number of carboxylic acids is 1. The van der Waals surface area contributed by atoms with Crippen molar-refractivity contribution in [3.63, 3.8) is 0 Å². The van der Waals surface area contributed by atoms with Crippen LogP contribution in [0, 0.1) is 23.2 Å². The van der Waals surface area contributed by atoms with E-state index in [1.807, 2.05) is 4.90 Å². The summed E-state index contributed by atoms with van der Waals surface area (Å²) in [6.45, 7) is 4.03. The maximum absolute atomic E-state index is 12.5. The number of aromatic carboxylic acids is 1. The number of likely N-dealkylation sites (tertiary alicyclic amines) is 1. The SMILES string of the molecule is C[C@]12CN(C(=O)Cn3ccc(C(=O)O)n3)C[C@H]1[C@H]1C=C[C@@H]2C1. The van der Waals surface area contributed by atoms with E-state index < -0.39 is 5.97 Å². The number of hydrogen-bond donors (Lipinski definition) is 1. The van der Waals surface area contributed by atoms with Crippen LogP contribution in [-0.2, 0) is 11.3 Å². The van der Waals surface area contributed by atoms with Crippen molar-refractivity contribution in [2.75, 3.05) is 13.1 Å². The van der Waals surface area contributed by atoms with Crippen LogP contribution in [0.1, 0.15) is 23.8 Å². The highest BCUT2D eigenvalue weighted by atomic mass is 16.4. The topological polar surface area (TPSA) is 75.4 Å². The minimum Gasteiger partial charge on any atom is -0.476 e. The summed E-state index contributed by atoms with van der Waals surface area (Å²) in [6, 6.07) is 1.42. The number of rotatable bonds is 3. The highest BCUT2D eigenvalue weighted by Crippen LogP contribution is 2.59. The summed E-state index contributed by atoms with van der Waals surface area (Å²) in [4.78, 5) is 25.3. The zero-order valence-corrected chi connectivity index (χ0v) is 12.5. The van der Waals surface area contributed by atoms with Gasteiger partial charge >= 0.3 is 5.97 Å². The zero-order chi connectivity index (χ0) is 15.5. The Hall–Kier alpha value is -2.11. The lowest BCUT2D eigenvalue weighted by Gasteiger charge is -2.31. The molecule has 1 aliphatic heterocycles. The summed E-state index contributed by atoms with van der Waals surface area (Å²) in [7, 11) is 0. The third-order valence-electron chi connectivity index (χ3n) is 5.79. The molecular formula is C16H19N3O3. The van der Waals surface area contributed by atoms with Crippen molar-refractivity contribution >= 4 is 11.9 Å². The minimum atomic E-state index is -1.07. The van der Waals surface area contributed by atoms with Gasteiger partial charge in [0, 0.05) is 19.3 Å². The monoisotopic (exact) mass is 301 g/mol. The summed E-state index contributed by atoms with van der Waals surface area (Å²) in [5, 5.41) is 12.8. The van der Waals surface area contributed by atoms with Gasteiger partial charge < -0.3 is 10.0 Å². The van der Waals surface area contributed by atoms with Crippen LogP contribution in [0.25, 0.3) is 0 Å². The van der Waals surface area contributed by atoms with E-state index in [0.29, 0.717) is 17.8 Å². The highest BCUT2D eigenvalue weighted by molar-refractivity contribution is 5.85. The van der Waals surface area contributed by atoms with E-state index in [0.717, 1.165) is 13.1 Å². The van der Waals surface area contributed by atoms with E-state index in [2.05, 4.69) is 24.2 Å². The van der Waals surface area contributed by atoms with Gasteiger partial charge in [-0.1, -0.05) is 19.1 Å². The lowest BCUT2D eigenvalue weighted by Crippen LogP contribution is -2.35. The van der Waals surface area contributed by atoms with Crippen LogP contribution in [0.3, 0.4) is 0 Å². The fourth-order valence-electron chi connectivity index (χ4n) is 4.56. The third kappa shape index (κ3) is 1.82. The predicted molar refractivity (Wildman–Crippen MR) is 78.1 cm³/mol. The molecule has 22 heavy (non-hydrogen) atoms. The molecule has 1 aromatic rings. The quantitative estimate of drug-likeness (QED) is 0.853. The number of amides is 1. The summed E-state index contributed by atoms with van der Waals surface area (Å²) in [5.41, 5.74) is 0.186. The minimum absolute atomic E-state index is 0.0232. The maximum Gasteiger partial charge on any atom is 0.356 e. The molecule has 0 unspecified atom stereocenters. The molecule has 116 valence electrons. The van der Waals surface area contributed by atoms with Crippen molar-refractivity contribution in [1.29, 1.82) is 0 Å². The second-order valence-corrected chi connectivity index (χ2v) is 6.98. The number of carboxylic acid groups (broad SMARTS) is 1. The van der Waals surface area contributed by atoms with E-state index in [4.69, 9.17) is 5.11 Å². The first-order valence-electron chi connectivity index (χ1n) is 7.70. The van der Waals surface area contributed by atoms with Crippen LogP contribution in [0.4, 0.5) is 0 Å². The van der Waals surface area contributed by atoms with Crippen LogP contribution < -0.4 is 0 Å². The molecule has 2 bridgehead atoms. The molecule has 1 N–H and O–H groups in total. The molecule has 3 aliphatic rings. The Bertz CT molecular complexity index is 680. The lowest BCUT2D eigenvalue weighted by molar-refractivity contribution is -0.131. The molecule has 1 saturated carbocycles. The summed E-state index contributed by atoms with van der Waals surface area (Å²) < 4.78 is 1.41. The molecule has 1 saturated heterocycles. The summed E-state index contributed by atoms with van der Waals surface area (Å²) >= 11 is 0. The Labute approximate surface area is 128 Å². The van der Waals surface area contributed by atoms with E-state index in [9.17, 15) is 9.59 Å². The summed E-state index contributed by atoms with van der Waals surface area (Å²) in [5.74, 6) is 0.741. The highest BCUT2D eigenvalue weighted by Gasteiger charge is 2.57. The second kappa shape index (κ2) is 4.44. The zero-order valence-electron chi connectivity index (χ0n) is 12.5. The molecule has 0 aromatic carbocycles. The van der Waals surface area contributed by atoms with Crippen LogP contribution in [0.5, 0.6) is 0 Å². The average molecular weight is 301 g/mol. The van der Waals surface area contributed by atoms with Crippen LogP contribution in [0.15, 0.2) is 24.4 Å². The van der Waals surface area contributed by atoms with Crippen molar-refractivity contribution in [3.8, 4) is 0 Å². The molecule has 1 aromatic heterocycles. The van der Waals surface area contributed by atoms with Gasteiger partial charge in [0.25, 0.3) is 0 Å². The van der Waals surface area contributed by atoms with Gasteiger partial charge in [-0.2, -0.15) is 5.10 Å². The van der Waals surface area contributed by atoms with Gasteiger partial charge in [-0.25, -0.2) is 4.79 Å². The number of carbonyl (C=O) groups is 2. The molecule has 6 nitrogen and oxygen atoms in total. The van der Waals surface area contributed by atoms with Gasteiger partial charge in [-0.15, -0.1) is 0 Å². The van der Waals surface area contributed by atoms with Gasteiger partial charge in [0.15, 0.2) is 5.69 Å².